The molecule has 143 heavy (non-hydrogen) atoms. The predicted molar refractivity (Wildman–Crippen MR) is 607 cm³/mol. The lowest BCUT2D eigenvalue weighted by Crippen LogP contribution is -2.13. The highest BCUT2D eigenvalue weighted by Crippen LogP contribution is 2.55. The van der Waals surface area contributed by atoms with E-state index in [1.165, 1.54) is 21.8 Å². The standard InChI is InChI=1S/C49H34N4S.C43H32N4S.C37H27N3S/c1-6-18-36(19-7-1)51(37-20-8-2-9-21-37)45-32-33-46(52(38-22-10-3-11-23-38)39-24-12-4-13-25-39)48-47(45)50-49(54-48)35-30-31-44-42(34-35)41-28-16-17-29-43(41)53(44)40-26-14-5-15-27-40;1-7-19-33(20-8-1)45(34-21-9-2-10-22-34)39-31-32-40(46(35-23-11-3-12-24-35)36-25-13-4-14-26-36)42-41(39)44-43(48-42)47(37-27-15-5-16-28-37)38-29-17-6-18-30-38;1-6-16-28(17-7-1)37-38-35-33(39(29-18-8-2-9-19-29)30-20-10-3-11-21-30)26-27-34(36(35)41-37)40(31-22-12-4-13-23-31)32-24-14-5-15-25-32/h1-34H;1-32H;1-27H. The molecule has 4 heterocycles. The molecule has 14 heteroatoms. The van der Waals surface area contributed by atoms with Gasteiger partial charge in [0.25, 0.3) is 0 Å². The number of benzene rings is 21. The molecule has 0 spiro atoms. The van der Waals surface area contributed by atoms with Crippen molar-refractivity contribution in [3.8, 4) is 26.8 Å². The van der Waals surface area contributed by atoms with E-state index in [0.29, 0.717) is 0 Å². The molecule has 25 rings (SSSR count). The second-order valence-corrected chi connectivity index (χ2v) is 37.2. The molecule has 25 aromatic rings. The average molecular weight is 1890 g/mol. The molecule has 0 atom stereocenters. The van der Waals surface area contributed by atoms with Crippen molar-refractivity contribution < 1.29 is 0 Å². The van der Waals surface area contributed by atoms with E-state index in [1.54, 1.807) is 34.0 Å². The Morgan fingerprint density at radius 3 is 0.671 bits per heavy atom. The van der Waals surface area contributed by atoms with Crippen LogP contribution in [-0.2, 0) is 0 Å². The van der Waals surface area contributed by atoms with Gasteiger partial charge in [0.15, 0.2) is 5.13 Å². The maximum atomic E-state index is 5.58. The second kappa shape index (κ2) is 41.2. The van der Waals surface area contributed by atoms with Gasteiger partial charge in [-0.1, -0.05) is 333 Å². The van der Waals surface area contributed by atoms with Gasteiger partial charge in [0, 0.05) is 107 Å². The molecule has 0 fully saturated rings. The molecule has 21 aromatic carbocycles. The van der Waals surface area contributed by atoms with Gasteiger partial charge in [-0.3, -0.25) is 4.90 Å². The average Bonchev–Trinajstić information content (AvgIpc) is 1.59. The Kier molecular flexibility index (Phi) is 25.5. The summed E-state index contributed by atoms with van der Waals surface area (Å²) < 4.78 is 5.69. The van der Waals surface area contributed by atoms with E-state index in [0.717, 1.165) is 176 Å². The molecule has 0 aliphatic rings. The maximum absolute atomic E-state index is 5.58. The Balaban J connectivity index is 0.000000120. The largest absolute Gasteiger partial charge is 0.309 e. The van der Waals surface area contributed by atoms with Crippen molar-refractivity contribution in [2.75, 3.05) is 34.3 Å². The highest BCUT2D eigenvalue weighted by molar-refractivity contribution is 7.23. The first-order valence-corrected chi connectivity index (χ1v) is 50.3. The fraction of sp³-hybridized carbons (Fsp3) is 0. The molecule has 0 amide bonds. The summed E-state index contributed by atoms with van der Waals surface area (Å²) in [4.78, 5) is 32.6. The van der Waals surface area contributed by atoms with Gasteiger partial charge in [-0.05, 0) is 243 Å². The van der Waals surface area contributed by atoms with Crippen LogP contribution in [0.5, 0.6) is 0 Å². The van der Waals surface area contributed by atoms with Gasteiger partial charge in [-0.25, -0.2) is 15.0 Å². The van der Waals surface area contributed by atoms with Gasteiger partial charge in [0.2, 0.25) is 0 Å². The molecule has 0 aliphatic heterocycles. The van der Waals surface area contributed by atoms with Crippen LogP contribution >= 0.6 is 34.0 Å². The fourth-order valence-corrected chi connectivity index (χ4v) is 22.2. The molecule has 11 nitrogen and oxygen atoms in total. The number of rotatable bonds is 24. The van der Waals surface area contributed by atoms with Crippen LogP contribution in [0, 0.1) is 0 Å². The van der Waals surface area contributed by atoms with Crippen molar-refractivity contribution in [3.63, 3.8) is 0 Å². The van der Waals surface area contributed by atoms with Gasteiger partial charge in [-0.15, -0.1) is 22.7 Å². The second-order valence-electron chi connectivity index (χ2n) is 34.2. The molecule has 0 aliphatic carbocycles. The molecule has 0 bridgehead atoms. The number of aromatic nitrogens is 4. The molecule has 0 N–H and O–H groups in total. The van der Waals surface area contributed by atoms with Gasteiger partial charge in [0.05, 0.1) is 59.3 Å². The number of para-hydroxylation sites is 16. The van der Waals surface area contributed by atoms with Crippen LogP contribution in [-0.4, -0.2) is 19.5 Å². The van der Waals surface area contributed by atoms with Crippen LogP contribution in [0.3, 0.4) is 0 Å². The zero-order valence-electron chi connectivity index (χ0n) is 77.8. The summed E-state index contributed by atoms with van der Waals surface area (Å²) in [6.07, 6.45) is 0. The number of thiazole rings is 3. The minimum absolute atomic E-state index is 0.887. The van der Waals surface area contributed by atoms with Crippen molar-refractivity contribution in [3.05, 3.63) is 564 Å². The fourth-order valence-electron chi connectivity index (χ4n) is 18.9. The number of anilines is 21. The SMILES string of the molecule is c1ccc(-c2nc3c(N(c4ccccc4)c4ccccc4)ccc(N(c4ccccc4)c4ccccc4)c3s2)cc1.c1ccc(N(c2ccccc2)c2ccc(N(c3ccccc3)c3ccccc3)c3sc(-c4ccc5c(c4)c4ccccc4n5-c4ccccc4)nc23)cc1.c1ccc(N(c2ccccc2)c2nc3c(N(c4ccccc4)c4ccccc4)ccc(N(c4ccccc4)c4ccccc4)c3s2)cc1. The van der Waals surface area contributed by atoms with Gasteiger partial charge in [-0.2, -0.15) is 0 Å². The highest BCUT2D eigenvalue weighted by atomic mass is 32.1. The predicted octanol–water partition coefficient (Wildman–Crippen LogP) is 37.6. The molecule has 0 saturated heterocycles. The van der Waals surface area contributed by atoms with Crippen LogP contribution in [0.15, 0.2) is 564 Å². The Bertz CT molecular complexity index is 7920. The van der Waals surface area contributed by atoms with Gasteiger partial charge < -0.3 is 34.0 Å². The molecule has 0 radical (unpaired) electrons. The zero-order valence-corrected chi connectivity index (χ0v) is 80.3. The third-order valence-corrected chi connectivity index (χ3v) is 28.6. The Morgan fingerprint density at radius 2 is 0.378 bits per heavy atom. The van der Waals surface area contributed by atoms with Crippen molar-refractivity contribution in [2.24, 2.45) is 0 Å². The number of hydrogen-bond acceptors (Lipinski definition) is 13. The van der Waals surface area contributed by atoms with Crippen molar-refractivity contribution in [2.45, 2.75) is 0 Å². The molecule has 0 unspecified atom stereocenters. The first-order valence-electron chi connectivity index (χ1n) is 47.8. The topological polar surface area (TPSA) is 66.3 Å². The summed E-state index contributed by atoms with van der Waals surface area (Å²) in [6.45, 7) is 0. The first kappa shape index (κ1) is 88.7. The summed E-state index contributed by atoms with van der Waals surface area (Å²) >= 11 is 5.19. The smallest absolute Gasteiger partial charge is 0.195 e. The molecule has 4 aromatic heterocycles. The van der Waals surface area contributed by atoms with Crippen LogP contribution in [0.4, 0.5) is 119 Å². The van der Waals surface area contributed by atoms with Crippen molar-refractivity contribution in [1.29, 1.82) is 0 Å². The van der Waals surface area contributed by atoms with E-state index in [2.05, 4.69) is 597 Å². The number of nitrogens with zero attached hydrogens (tertiary/aromatic N) is 11. The van der Waals surface area contributed by atoms with Crippen LogP contribution < -0.4 is 34.3 Å². The van der Waals surface area contributed by atoms with Crippen molar-refractivity contribution >= 4 is 205 Å². The lowest BCUT2D eigenvalue weighted by Gasteiger charge is -2.29. The number of hydrogen-bond donors (Lipinski definition) is 0. The Morgan fingerprint density at radius 1 is 0.161 bits per heavy atom. The third kappa shape index (κ3) is 18.3. The monoisotopic (exact) mass is 1890 g/mol. The Labute approximate surface area is 843 Å². The lowest BCUT2D eigenvalue weighted by atomic mass is 10.1. The minimum Gasteiger partial charge on any atom is -0.309 e. The van der Waals surface area contributed by atoms with Gasteiger partial charge >= 0.3 is 0 Å². The Hall–Kier alpha value is -18.3. The first-order chi connectivity index (χ1) is 71.0. The van der Waals surface area contributed by atoms with Crippen LogP contribution in [0.2, 0.25) is 0 Å². The van der Waals surface area contributed by atoms with E-state index >= 15 is 0 Å². The van der Waals surface area contributed by atoms with E-state index in [-0.39, 0.29) is 0 Å². The highest BCUT2D eigenvalue weighted by Gasteiger charge is 2.31. The number of fused-ring (bicyclic) bond motifs is 6. The van der Waals surface area contributed by atoms with Crippen LogP contribution in [0.25, 0.3) is 79.3 Å². The van der Waals surface area contributed by atoms with E-state index in [4.69, 9.17) is 15.0 Å². The minimum atomic E-state index is 0.887. The third-order valence-electron chi connectivity index (χ3n) is 25.3. The summed E-state index contributed by atoms with van der Waals surface area (Å²) in [5, 5.41) is 5.28. The summed E-state index contributed by atoms with van der Waals surface area (Å²) in [6, 6.07) is 198. The van der Waals surface area contributed by atoms with E-state index in [1.807, 2.05) is 6.07 Å². The van der Waals surface area contributed by atoms with Crippen LogP contribution in [0.1, 0.15) is 0 Å². The lowest BCUT2D eigenvalue weighted by molar-refractivity contribution is 1.18. The van der Waals surface area contributed by atoms with Crippen molar-refractivity contribution in [1.82, 2.24) is 19.5 Å². The quantitative estimate of drug-likeness (QED) is 0.0584. The normalized spacial score (nSPS) is 11.1. The summed E-state index contributed by atoms with van der Waals surface area (Å²) in [7, 11) is 0. The maximum Gasteiger partial charge on any atom is 0.195 e. The zero-order chi connectivity index (χ0) is 95.4. The molecule has 0 saturated carbocycles. The molecular formula is C129H93N11S3. The van der Waals surface area contributed by atoms with E-state index < -0.39 is 0 Å². The summed E-state index contributed by atoms with van der Waals surface area (Å²) in [5.41, 5.74) is 30.0. The van der Waals surface area contributed by atoms with Gasteiger partial charge in [0.1, 0.15) is 26.6 Å². The van der Waals surface area contributed by atoms with E-state index in [9.17, 15) is 0 Å². The molecular weight excluding hydrogens is 1800 g/mol. The molecule has 682 valence electrons. The summed E-state index contributed by atoms with van der Waals surface area (Å²) in [5.74, 6) is 0.